The number of rotatable bonds is 7. The van der Waals surface area contributed by atoms with Gasteiger partial charge in [0, 0.05) is 37.1 Å². The molecular weight excluding hydrogens is 304 g/mol. The Kier molecular flexibility index (Phi) is 6.51. The van der Waals surface area contributed by atoms with Gasteiger partial charge in [0.25, 0.3) is 11.8 Å². The van der Waals surface area contributed by atoms with E-state index >= 15 is 0 Å². The van der Waals surface area contributed by atoms with Crippen LogP contribution in [-0.2, 0) is 4.74 Å². The van der Waals surface area contributed by atoms with Crippen molar-refractivity contribution in [2.24, 2.45) is 0 Å². The molecule has 0 atom stereocenters. The van der Waals surface area contributed by atoms with Gasteiger partial charge in [-0.25, -0.2) is 0 Å². The molecule has 2 N–H and O–H groups in total. The molecule has 2 amide bonds. The predicted octanol–water partition coefficient (Wildman–Crippen LogP) is 3.01. The fraction of sp³-hybridized carbons (Fsp3) is 0.263. The van der Waals surface area contributed by atoms with Crippen molar-refractivity contribution in [3.8, 4) is 0 Å². The van der Waals surface area contributed by atoms with Crippen molar-refractivity contribution in [1.29, 1.82) is 0 Å². The number of amides is 2. The standard InChI is InChI=1S/C19H22N2O3/c1-14-4-10-17(11-5-14)21-19(23)16-8-6-15(7-9-16)18(22)20-12-3-13-24-2/h4-11H,3,12-13H2,1-2H3,(H,20,22)(H,21,23). The topological polar surface area (TPSA) is 67.4 Å². The average molecular weight is 326 g/mol. The van der Waals surface area contributed by atoms with Crippen molar-refractivity contribution < 1.29 is 14.3 Å². The summed E-state index contributed by atoms with van der Waals surface area (Å²) >= 11 is 0. The highest BCUT2D eigenvalue weighted by molar-refractivity contribution is 6.05. The summed E-state index contributed by atoms with van der Waals surface area (Å²) in [7, 11) is 1.63. The van der Waals surface area contributed by atoms with Crippen LogP contribution < -0.4 is 10.6 Å². The van der Waals surface area contributed by atoms with Gasteiger partial charge in [0.15, 0.2) is 0 Å². The number of carbonyl (C=O) groups excluding carboxylic acids is 2. The van der Waals surface area contributed by atoms with Crippen LogP contribution in [0.1, 0.15) is 32.7 Å². The van der Waals surface area contributed by atoms with Crippen LogP contribution in [-0.4, -0.2) is 32.1 Å². The lowest BCUT2D eigenvalue weighted by Gasteiger charge is -2.07. The van der Waals surface area contributed by atoms with Crippen molar-refractivity contribution in [3.05, 3.63) is 65.2 Å². The Balaban J connectivity index is 1.92. The molecule has 0 spiro atoms. The molecule has 24 heavy (non-hydrogen) atoms. The Morgan fingerprint density at radius 3 is 2.08 bits per heavy atom. The fourth-order valence-corrected chi connectivity index (χ4v) is 2.13. The monoisotopic (exact) mass is 326 g/mol. The summed E-state index contributed by atoms with van der Waals surface area (Å²) in [5.74, 6) is -0.359. The molecule has 0 saturated heterocycles. The molecule has 0 radical (unpaired) electrons. The van der Waals surface area contributed by atoms with Crippen LogP contribution in [0, 0.1) is 6.92 Å². The van der Waals surface area contributed by atoms with Gasteiger partial charge < -0.3 is 15.4 Å². The van der Waals surface area contributed by atoms with Crippen LogP contribution >= 0.6 is 0 Å². The third kappa shape index (κ3) is 5.21. The Bertz CT molecular complexity index is 679. The van der Waals surface area contributed by atoms with Gasteiger partial charge in [-0.2, -0.15) is 0 Å². The maximum Gasteiger partial charge on any atom is 0.255 e. The van der Waals surface area contributed by atoms with Crippen molar-refractivity contribution in [1.82, 2.24) is 5.32 Å². The van der Waals surface area contributed by atoms with Crippen molar-refractivity contribution in [3.63, 3.8) is 0 Å². The summed E-state index contributed by atoms with van der Waals surface area (Å²) in [6.45, 7) is 3.16. The lowest BCUT2D eigenvalue weighted by molar-refractivity contribution is 0.0947. The molecular formula is C19H22N2O3. The second-order valence-electron chi connectivity index (χ2n) is 5.50. The molecule has 0 unspecified atom stereocenters. The van der Waals surface area contributed by atoms with E-state index in [4.69, 9.17) is 4.74 Å². The number of nitrogens with one attached hydrogen (secondary N) is 2. The highest BCUT2D eigenvalue weighted by Crippen LogP contribution is 2.11. The van der Waals surface area contributed by atoms with Gasteiger partial charge in [-0.05, 0) is 49.7 Å². The second-order valence-corrected chi connectivity index (χ2v) is 5.50. The summed E-state index contributed by atoms with van der Waals surface area (Å²) < 4.78 is 4.93. The van der Waals surface area contributed by atoms with Crippen LogP contribution in [0.5, 0.6) is 0 Å². The molecule has 0 aliphatic carbocycles. The third-order valence-corrected chi connectivity index (χ3v) is 3.53. The molecule has 0 fully saturated rings. The maximum atomic E-state index is 12.2. The molecule has 0 aliphatic heterocycles. The van der Waals surface area contributed by atoms with Gasteiger partial charge in [-0.3, -0.25) is 9.59 Å². The van der Waals surface area contributed by atoms with Gasteiger partial charge >= 0.3 is 0 Å². The highest BCUT2D eigenvalue weighted by atomic mass is 16.5. The molecule has 0 bridgehead atoms. The van der Waals surface area contributed by atoms with Crippen molar-refractivity contribution in [2.75, 3.05) is 25.6 Å². The average Bonchev–Trinajstić information content (AvgIpc) is 2.60. The van der Waals surface area contributed by atoms with Crippen molar-refractivity contribution >= 4 is 17.5 Å². The predicted molar refractivity (Wildman–Crippen MR) is 94.4 cm³/mol. The zero-order chi connectivity index (χ0) is 17.4. The Morgan fingerprint density at radius 1 is 0.917 bits per heavy atom. The number of aryl methyl sites for hydroxylation is 1. The minimum Gasteiger partial charge on any atom is -0.385 e. The molecule has 2 aromatic rings. The van der Waals surface area contributed by atoms with Crippen LogP contribution in [0.25, 0.3) is 0 Å². The van der Waals surface area contributed by atoms with E-state index in [1.807, 2.05) is 31.2 Å². The van der Waals surface area contributed by atoms with E-state index in [2.05, 4.69) is 10.6 Å². The number of anilines is 1. The van der Waals surface area contributed by atoms with E-state index in [0.29, 0.717) is 24.3 Å². The maximum absolute atomic E-state index is 12.2. The first kappa shape index (κ1) is 17.7. The number of ether oxygens (including phenoxy) is 1. The van der Waals surface area contributed by atoms with E-state index in [1.54, 1.807) is 31.4 Å². The Labute approximate surface area is 142 Å². The van der Waals surface area contributed by atoms with Gasteiger partial charge in [0.1, 0.15) is 0 Å². The molecule has 2 aromatic carbocycles. The molecule has 126 valence electrons. The minimum absolute atomic E-state index is 0.156. The Morgan fingerprint density at radius 2 is 1.50 bits per heavy atom. The smallest absolute Gasteiger partial charge is 0.255 e. The highest BCUT2D eigenvalue weighted by Gasteiger charge is 2.09. The number of methoxy groups -OCH3 is 1. The molecule has 5 nitrogen and oxygen atoms in total. The zero-order valence-corrected chi connectivity index (χ0v) is 14.0. The normalized spacial score (nSPS) is 10.2. The minimum atomic E-state index is -0.203. The van der Waals surface area contributed by atoms with Crippen molar-refractivity contribution in [2.45, 2.75) is 13.3 Å². The first-order chi connectivity index (χ1) is 11.6. The second kappa shape index (κ2) is 8.84. The number of hydrogen-bond donors (Lipinski definition) is 2. The van der Waals surface area contributed by atoms with Gasteiger partial charge in [0.05, 0.1) is 0 Å². The number of carbonyl (C=O) groups is 2. The summed E-state index contributed by atoms with van der Waals surface area (Å²) in [6.07, 6.45) is 0.763. The van der Waals surface area contributed by atoms with E-state index in [1.165, 1.54) is 0 Å². The molecule has 0 aliphatic rings. The lowest BCUT2D eigenvalue weighted by Crippen LogP contribution is -2.25. The van der Waals surface area contributed by atoms with Crippen LogP contribution in [0.3, 0.4) is 0 Å². The lowest BCUT2D eigenvalue weighted by atomic mass is 10.1. The van der Waals surface area contributed by atoms with Gasteiger partial charge in [0.2, 0.25) is 0 Å². The van der Waals surface area contributed by atoms with E-state index in [0.717, 1.165) is 17.7 Å². The van der Waals surface area contributed by atoms with Crippen LogP contribution in [0.4, 0.5) is 5.69 Å². The molecule has 0 heterocycles. The van der Waals surface area contributed by atoms with Gasteiger partial charge in [-0.15, -0.1) is 0 Å². The number of benzene rings is 2. The van der Waals surface area contributed by atoms with Crippen LogP contribution in [0.15, 0.2) is 48.5 Å². The first-order valence-corrected chi connectivity index (χ1v) is 7.85. The summed E-state index contributed by atoms with van der Waals surface area (Å²) in [5, 5.41) is 5.64. The quantitative estimate of drug-likeness (QED) is 0.769. The number of hydrogen-bond acceptors (Lipinski definition) is 3. The summed E-state index contributed by atoms with van der Waals surface area (Å²) in [5.41, 5.74) is 2.91. The largest absolute Gasteiger partial charge is 0.385 e. The van der Waals surface area contributed by atoms with E-state index < -0.39 is 0 Å². The molecule has 0 aromatic heterocycles. The van der Waals surface area contributed by atoms with E-state index in [9.17, 15) is 9.59 Å². The Hall–Kier alpha value is -2.66. The SMILES string of the molecule is COCCCNC(=O)c1ccc(C(=O)Nc2ccc(C)cc2)cc1. The zero-order valence-electron chi connectivity index (χ0n) is 14.0. The van der Waals surface area contributed by atoms with Crippen LogP contribution in [0.2, 0.25) is 0 Å². The van der Waals surface area contributed by atoms with Gasteiger partial charge in [-0.1, -0.05) is 17.7 Å². The molecule has 5 heteroatoms. The third-order valence-electron chi connectivity index (χ3n) is 3.53. The molecule has 2 rings (SSSR count). The summed E-state index contributed by atoms with van der Waals surface area (Å²) in [4.78, 5) is 24.2. The first-order valence-electron chi connectivity index (χ1n) is 7.85. The van der Waals surface area contributed by atoms with E-state index in [-0.39, 0.29) is 11.8 Å². The fourth-order valence-electron chi connectivity index (χ4n) is 2.13. The molecule has 0 saturated carbocycles. The summed E-state index contributed by atoms with van der Waals surface area (Å²) in [6, 6.07) is 14.2.